The standard InChI is InChI=1S/C74H47N7/c1-9-26-48(27-10-1)67-75-68(49-28-11-2-12-29-49)78-71(77-67)52-44-58-59-45-53(72-79-69(50-30-13-3-14-31-50)76-70(80-72)51-32-15-4-16-33-51)47-63-65(59)81-64(58)62(46-52)73(54-34-17-5-18-35-54,55-36-19-6-20-37-55)60-42-25-43-61(66(60)81)74(63,56-38-21-7-22-39-56)57-40-23-8-24-41-57/h1-47H. The molecule has 0 amide bonds. The second-order valence-corrected chi connectivity index (χ2v) is 20.9. The summed E-state index contributed by atoms with van der Waals surface area (Å²) in [5.41, 5.74) is 16.2. The van der Waals surface area contributed by atoms with E-state index in [-0.39, 0.29) is 0 Å². The van der Waals surface area contributed by atoms with Crippen molar-refractivity contribution in [1.29, 1.82) is 0 Å². The summed E-state index contributed by atoms with van der Waals surface area (Å²) in [4.78, 5) is 32.1. The van der Waals surface area contributed by atoms with Gasteiger partial charge in [0.2, 0.25) is 0 Å². The molecule has 7 nitrogen and oxygen atoms in total. The molecule has 0 unspecified atom stereocenters. The largest absolute Gasteiger partial charge is 0.308 e. The Balaban J connectivity index is 1.12. The van der Waals surface area contributed by atoms with Gasteiger partial charge in [0, 0.05) is 44.2 Å². The number of fused-ring (bicyclic) bond motifs is 1. The van der Waals surface area contributed by atoms with Gasteiger partial charge >= 0.3 is 0 Å². The van der Waals surface area contributed by atoms with Gasteiger partial charge in [-0.05, 0) is 68.8 Å². The Kier molecular flexibility index (Phi) is 10.5. The summed E-state index contributed by atoms with van der Waals surface area (Å²) >= 11 is 0. The van der Waals surface area contributed by atoms with E-state index >= 15 is 0 Å². The summed E-state index contributed by atoms with van der Waals surface area (Å²) < 4.78 is 2.60. The van der Waals surface area contributed by atoms with Gasteiger partial charge in [-0.2, -0.15) is 0 Å². The van der Waals surface area contributed by atoms with Gasteiger partial charge in [-0.3, -0.25) is 0 Å². The van der Waals surface area contributed by atoms with Crippen LogP contribution in [0.5, 0.6) is 0 Å². The van der Waals surface area contributed by atoms with E-state index in [4.69, 9.17) is 29.9 Å². The SMILES string of the molecule is c1ccc(-c2nc(-c3ccccc3)nc(-c3cc4c5c(c3)c3cc(-c6nc(-c7ccccc7)nc(-c7ccccc7)n6)cc6c3n5-c3c(cccc3C6(c3ccccc3)c3ccccc3)C4(c3ccccc3)c3ccccc3)n2)cc1. The van der Waals surface area contributed by atoms with E-state index in [1.807, 2.05) is 72.8 Å². The molecule has 0 atom stereocenters. The van der Waals surface area contributed by atoms with Crippen LogP contribution in [0.3, 0.4) is 0 Å². The summed E-state index contributed by atoms with van der Waals surface area (Å²) in [6, 6.07) is 102. The maximum Gasteiger partial charge on any atom is 0.164 e. The van der Waals surface area contributed by atoms with Gasteiger partial charge in [-0.15, -0.1) is 0 Å². The van der Waals surface area contributed by atoms with Crippen LogP contribution in [0.2, 0.25) is 0 Å². The van der Waals surface area contributed by atoms with Crippen molar-refractivity contribution < 1.29 is 0 Å². The first-order valence-electron chi connectivity index (χ1n) is 27.4. The van der Waals surface area contributed by atoms with Gasteiger partial charge in [0.15, 0.2) is 34.9 Å². The molecule has 0 bridgehead atoms. The molecule has 0 radical (unpaired) electrons. The number of benzene rings is 11. The number of rotatable bonds is 10. The molecule has 14 aromatic rings. The fourth-order valence-electron chi connectivity index (χ4n) is 13.2. The highest BCUT2D eigenvalue weighted by atomic mass is 15.1. The second kappa shape index (κ2) is 18.4. The third kappa shape index (κ3) is 7.02. The molecule has 2 aliphatic rings. The number of hydrogen-bond donors (Lipinski definition) is 0. The zero-order valence-corrected chi connectivity index (χ0v) is 43.8. The molecule has 0 N–H and O–H groups in total. The highest BCUT2D eigenvalue weighted by Gasteiger charge is 2.53. The molecule has 0 spiro atoms. The number of nitrogens with zero attached hydrogens (tertiary/aromatic N) is 7. The Morgan fingerprint density at radius 1 is 0.222 bits per heavy atom. The number of hydrogen-bond acceptors (Lipinski definition) is 6. The molecule has 16 rings (SSSR count). The van der Waals surface area contributed by atoms with Crippen LogP contribution in [0.25, 0.3) is 95.8 Å². The Labute approximate surface area is 468 Å². The van der Waals surface area contributed by atoms with Crippen molar-refractivity contribution in [1.82, 2.24) is 34.5 Å². The predicted octanol–water partition coefficient (Wildman–Crippen LogP) is 16.5. The van der Waals surface area contributed by atoms with E-state index in [0.717, 1.165) is 94.3 Å². The minimum atomic E-state index is -0.854. The van der Waals surface area contributed by atoms with Crippen molar-refractivity contribution in [2.45, 2.75) is 10.8 Å². The highest BCUT2D eigenvalue weighted by Crippen LogP contribution is 2.62. The summed E-state index contributed by atoms with van der Waals surface area (Å²) in [5.74, 6) is 3.53. The Hall–Kier alpha value is -10.8. The average molecular weight is 1030 g/mol. The average Bonchev–Trinajstić information content (AvgIpc) is 4.07. The fraction of sp³-hybridized carbons (Fsp3) is 0.0270. The zero-order chi connectivity index (χ0) is 53.5. The van der Waals surface area contributed by atoms with Crippen LogP contribution < -0.4 is 0 Å². The summed E-state index contributed by atoms with van der Waals surface area (Å²) in [7, 11) is 0. The van der Waals surface area contributed by atoms with Crippen LogP contribution in [0.1, 0.15) is 44.5 Å². The highest BCUT2D eigenvalue weighted by molar-refractivity contribution is 6.17. The van der Waals surface area contributed by atoms with Gasteiger partial charge < -0.3 is 4.57 Å². The van der Waals surface area contributed by atoms with E-state index in [0.29, 0.717) is 34.9 Å². The summed E-state index contributed by atoms with van der Waals surface area (Å²) in [5, 5.41) is 2.11. The molecule has 0 fully saturated rings. The van der Waals surface area contributed by atoms with Crippen molar-refractivity contribution in [3.8, 4) is 74.0 Å². The Bertz CT molecular complexity index is 4220. The third-order valence-corrected chi connectivity index (χ3v) is 16.6. The quantitative estimate of drug-likeness (QED) is 0.136. The van der Waals surface area contributed by atoms with Gasteiger partial charge in [-0.1, -0.05) is 261 Å². The molecule has 0 aliphatic carbocycles. The fourth-order valence-corrected chi connectivity index (χ4v) is 13.2. The molecular weight excluding hydrogens is 987 g/mol. The lowest BCUT2D eigenvalue weighted by atomic mass is 9.58. The second-order valence-electron chi connectivity index (χ2n) is 20.9. The first-order valence-corrected chi connectivity index (χ1v) is 27.4. The molecule has 378 valence electrons. The number of para-hydroxylation sites is 1. The van der Waals surface area contributed by atoms with Crippen molar-refractivity contribution in [3.63, 3.8) is 0 Å². The topological polar surface area (TPSA) is 82.3 Å². The third-order valence-electron chi connectivity index (χ3n) is 16.6. The predicted molar refractivity (Wildman–Crippen MR) is 324 cm³/mol. The first kappa shape index (κ1) is 46.3. The summed E-state index contributed by atoms with van der Waals surface area (Å²) in [6.45, 7) is 0. The Morgan fingerprint density at radius 3 is 0.741 bits per heavy atom. The van der Waals surface area contributed by atoms with Crippen LogP contribution >= 0.6 is 0 Å². The summed E-state index contributed by atoms with van der Waals surface area (Å²) in [6.07, 6.45) is 0. The lowest BCUT2D eigenvalue weighted by Crippen LogP contribution is -2.41. The van der Waals surface area contributed by atoms with Crippen molar-refractivity contribution in [2.75, 3.05) is 0 Å². The van der Waals surface area contributed by atoms with Crippen molar-refractivity contribution >= 4 is 21.8 Å². The van der Waals surface area contributed by atoms with E-state index in [1.165, 1.54) is 11.1 Å². The van der Waals surface area contributed by atoms with Crippen molar-refractivity contribution in [3.05, 3.63) is 330 Å². The molecule has 2 aliphatic heterocycles. The van der Waals surface area contributed by atoms with Crippen LogP contribution in [0.4, 0.5) is 0 Å². The molecule has 0 saturated heterocycles. The van der Waals surface area contributed by atoms with Gasteiger partial charge in [0.25, 0.3) is 0 Å². The normalized spacial score (nSPS) is 13.4. The molecule has 3 aromatic heterocycles. The zero-order valence-electron chi connectivity index (χ0n) is 43.8. The van der Waals surface area contributed by atoms with E-state index in [9.17, 15) is 0 Å². The van der Waals surface area contributed by atoms with Crippen LogP contribution in [0, 0.1) is 0 Å². The van der Waals surface area contributed by atoms with Crippen molar-refractivity contribution in [2.24, 2.45) is 0 Å². The lowest BCUT2D eigenvalue weighted by Gasteiger charge is -2.47. The van der Waals surface area contributed by atoms with Crippen LogP contribution in [0.15, 0.2) is 285 Å². The minimum Gasteiger partial charge on any atom is -0.308 e. The van der Waals surface area contributed by atoms with Crippen LogP contribution in [-0.4, -0.2) is 34.5 Å². The smallest absolute Gasteiger partial charge is 0.164 e. The molecule has 11 aromatic carbocycles. The van der Waals surface area contributed by atoms with Crippen LogP contribution in [-0.2, 0) is 10.8 Å². The molecular formula is C74H47N7. The van der Waals surface area contributed by atoms with E-state index < -0.39 is 10.8 Å². The van der Waals surface area contributed by atoms with E-state index in [1.54, 1.807) is 0 Å². The maximum atomic E-state index is 5.44. The first-order chi connectivity index (χ1) is 40.2. The lowest BCUT2D eigenvalue weighted by molar-refractivity contribution is 0.684. The Morgan fingerprint density at radius 2 is 0.469 bits per heavy atom. The van der Waals surface area contributed by atoms with Gasteiger partial charge in [0.05, 0.1) is 27.6 Å². The molecule has 7 heteroatoms. The monoisotopic (exact) mass is 1030 g/mol. The maximum absolute atomic E-state index is 5.44. The van der Waals surface area contributed by atoms with Gasteiger partial charge in [-0.25, -0.2) is 29.9 Å². The number of aromatic nitrogens is 7. The molecule has 5 heterocycles. The molecule has 81 heavy (non-hydrogen) atoms. The van der Waals surface area contributed by atoms with Gasteiger partial charge in [0.1, 0.15) is 0 Å². The molecule has 0 saturated carbocycles. The minimum absolute atomic E-state index is 0.572. The van der Waals surface area contributed by atoms with E-state index in [2.05, 4.69) is 217 Å².